The third kappa shape index (κ3) is 3.29. The molecule has 0 heterocycles. The molecule has 1 aromatic carbocycles. The highest BCUT2D eigenvalue weighted by Crippen LogP contribution is 2.26. The Hall–Kier alpha value is -1.42. The Morgan fingerprint density at radius 2 is 1.72 bits per heavy atom. The molecule has 0 aromatic heterocycles. The van der Waals surface area contributed by atoms with Crippen molar-refractivity contribution in [2.75, 3.05) is 14.1 Å². The Balaban J connectivity index is 2.87. The maximum absolute atomic E-state index is 11.6. The number of carbonyl (C=O) groups excluding carboxylic acids is 1. The molecular weight excluding hydrogens is 246 g/mol. The molecule has 0 saturated heterocycles. The predicted molar refractivity (Wildman–Crippen MR) is 77.1 cm³/mol. The second kappa shape index (κ2) is 5.48. The van der Waals surface area contributed by atoms with Gasteiger partial charge in [-0.1, -0.05) is 12.1 Å². The van der Waals surface area contributed by atoms with Gasteiger partial charge in [-0.3, -0.25) is 4.79 Å². The fourth-order valence-electron chi connectivity index (χ4n) is 1.34. The molecule has 3 nitrogen and oxygen atoms in total. The number of ketones is 1. The first-order valence-electron chi connectivity index (χ1n) is 5.76. The van der Waals surface area contributed by atoms with Crippen molar-refractivity contribution in [1.82, 2.24) is 4.90 Å². The number of Topliss-reactive ketones (excluding diaryl/α,β-unsaturated/α-hetero) is 1. The van der Waals surface area contributed by atoms with Crippen LogP contribution in [0.15, 0.2) is 24.3 Å². The van der Waals surface area contributed by atoms with E-state index in [-0.39, 0.29) is 5.78 Å². The summed E-state index contributed by atoms with van der Waals surface area (Å²) in [6.07, 6.45) is 0. The van der Waals surface area contributed by atoms with Crippen molar-refractivity contribution in [3.63, 3.8) is 0 Å². The number of hydrogen-bond donors (Lipinski definition) is 0. The van der Waals surface area contributed by atoms with E-state index in [9.17, 15) is 4.79 Å². The standard InChI is InChI=1S/C14H19NO2S/c1-10(16)14(2,3)11-6-8-12(9-7-11)17-13(18)15(4)5/h6-9H,1-5H3. The fraction of sp³-hybridized carbons (Fsp3) is 0.429. The molecule has 0 atom stereocenters. The molecule has 0 amide bonds. The van der Waals surface area contributed by atoms with Gasteiger partial charge < -0.3 is 9.64 Å². The van der Waals surface area contributed by atoms with Gasteiger partial charge in [-0.15, -0.1) is 0 Å². The van der Waals surface area contributed by atoms with E-state index >= 15 is 0 Å². The molecular formula is C14H19NO2S. The van der Waals surface area contributed by atoms with Crippen molar-refractivity contribution >= 4 is 23.2 Å². The van der Waals surface area contributed by atoms with Crippen LogP contribution in [-0.4, -0.2) is 30.0 Å². The van der Waals surface area contributed by atoms with Crippen LogP contribution in [0, 0.1) is 0 Å². The smallest absolute Gasteiger partial charge is 0.264 e. The van der Waals surface area contributed by atoms with Gasteiger partial charge in [-0.2, -0.15) is 0 Å². The van der Waals surface area contributed by atoms with Crippen LogP contribution in [0.2, 0.25) is 0 Å². The van der Waals surface area contributed by atoms with E-state index in [1.54, 1.807) is 11.8 Å². The van der Waals surface area contributed by atoms with E-state index in [1.807, 2.05) is 52.2 Å². The lowest BCUT2D eigenvalue weighted by molar-refractivity contribution is -0.121. The lowest BCUT2D eigenvalue weighted by Crippen LogP contribution is -2.26. The van der Waals surface area contributed by atoms with Crippen LogP contribution < -0.4 is 4.74 Å². The molecule has 0 radical (unpaired) electrons. The molecule has 18 heavy (non-hydrogen) atoms. The molecule has 1 rings (SSSR count). The molecule has 0 bridgehead atoms. The Bertz CT molecular complexity index is 449. The number of thiocarbonyl (C=S) groups is 1. The first-order valence-corrected chi connectivity index (χ1v) is 6.16. The van der Waals surface area contributed by atoms with Crippen LogP contribution in [0.5, 0.6) is 5.75 Å². The van der Waals surface area contributed by atoms with Crippen LogP contribution in [0.4, 0.5) is 0 Å². The molecule has 0 unspecified atom stereocenters. The molecule has 0 aliphatic rings. The fourth-order valence-corrected chi connectivity index (χ4v) is 1.43. The number of nitrogens with zero attached hydrogens (tertiary/aromatic N) is 1. The lowest BCUT2D eigenvalue weighted by atomic mass is 9.81. The monoisotopic (exact) mass is 265 g/mol. The Labute approximate surface area is 114 Å². The van der Waals surface area contributed by atoms with Gasteiger partial charge in [0.05, 0.1) is 0 Å². The van der Waals surface area contributed by atoms with Gasteiger partial charge in [0.15, 0.2) is 0 Å². The summed E-state index contributed by atoms with van der Waals surface area (Å²) in [7, 11) is 3.66. The Kier molecular flexibility index (Phi) is 4.46. The van der Waals surface area contributed by atoms with Crippen LogP contribution in [0.25, 0.3) is 0 Å². The average molecular weight is 265 g/mol. The topological polar surface area (TPSA) is 29.5 Å². The summed E-state index contributed by atoms with van der Waals surface area (Å²) in [6.45, 7) is 5.43. The second-order valence-corrected chi connectivity index (χ2v) is 5.32. The number of rotatable bonds is 3. The van der Waals surface area contributed by atoms with Crippen molar-refractivity contribution in [3.05, 3.63) is 29.8 Å². The molecule has 4 heteroatoms. The van der Waals surface area contributed by atoms with Gasteiger partial charge in [-0.25, -0.2) is 0 Å². The van der Waals surface area contributed by atoms with E-state index in [4.69, 9.17) is 17.0 Å². The average Bonchev–Trinajstić information content (AvgIpc) is 2.29. The van der Waals surface area contributed by atoms with Crippen LogP contribution in [-0.2, 0) is 10.2 Å². The van der Waals surface area contributed by atoms with E-state index in [2.05, 4.69) is 0 Å². The minimum absolute atomic E-state index is 0.139. The molecule has 0 saturated carbocycles. The number of benzene rings is 1. The minimum atomic E-state index is -0.472. The van der Waals surface area contributed by atoms with E-state index in [0.717, 1.165) is 5.56 Å². The van der Waals surface area contributed by atoms with Crippen LogP contribution in [0.1, 0.15) is 26.3 Å². The van der Waals surface area contributed by atoms with E-state index < -0.39 is 5.41 Å². The second-order valence-electron chi connectivity index (χ2n) is 4.97. The van der Waals surface area contributed by atoms with Crippen molar-refractivity contribution in [1.29, 1.82) is 0 Å². The van der Waals surface area contributed by atoms with Crippen molar-refractivity contribution in [2.45, 2.75) is 26.2 Å². The lowest BCUT2D eigenvalue weighted by Gasteiger charge is -2.22. The highest BCUT2D eigenvalue weighted by molar-refractivity contribution is 7.80. The van der Waals surface area contributed by atoms with Gasteiger partial charge >= 0.3 is 0 Å². The van der Waals surface area contributed by atoms with Gasteiger partial charge in [0.1, 0.15) is 11.5 Å². The normalized spacial score (nSPS) is 10.9. The zero-order valence-electron chi connectivity index (χ0n) is 11.5. The molecule has 0 aliphatic carbocycles. The van der Waals surface area contributed by atoms with Crippen molar-refractivity contribution in [3.8, 4) is 5.75 Å². The van der Waals surface area contributed by atoms with Gasteiger partial charge in [-0.05, 0) is 50.7 Å². The highest BCUT2D eigenvalue weighted by Gasteiger charge is 2.25. The largest absolute Gasteiger partial charge is 0.432 e. The van der Waals surface area contributed by atoms with Crippen molar-refractivity contribution < 1.29 is 9.53 Å². The third-order valence-electron chi connectivity index (χ3n) is 3.03. The highest BCUT2D eigenvalue weighted by atomic mass is 32.1. The summed E-state index contributed by atoms with van der Waals surface area (Å²) in [5.41, 5.74) is 0.499. The molecule has 0 aliphatic heterocycles. The zero-order chi connectivity index (χ0) is 13.9. The summed E-state index contributed by atoms with van der Waals surface area (Å²) in [4.78, 5) is 13.3. The van der Waals surface area contributed by atoms with Gasteiger partial charge in [0.2, 0.25) is 0 Å². The summed E-state index contributed by atoms with van der Waals surface area (Å²) >= 11 is 5.06. The number of hydrogen-bond acceptors (Lipinski definition) is 3. The minimum Gasteiger partial charge on any atom is -0.432 e. The summed E-state index contributed by atoms with van der Waals surface area (Å²) in [5, 5.41) is 0.411. The SMILES string of the molecule is CC(=O)C(C)(C)c1ccc(OC(=S)N(C)C)cc1. The zero-order valence-corrected chi connectivity index (χ0v) is 12.3. The maximum Gasteiger partial charge on any atom is 0.264 e. The summed E-state index contributed by atoms with van der Waals surface area (Å²) < 4.78 is 5.48. The quantitative estimate of drug-likeness (QED) is 0.786. The number of carbonyl (C=O) groups is 1. The molecule has 0 fully saturated rings. The molecule has 0 spiro atoms. The van der Waals surface area contributed by atoms with E-state index in [1.165, 1.54) is 0 Å². The van der Waals surface area contributed by atoms with Crippen LogP contribution in [0.3, 0.4) is 0 Å². The summed E-state index contributed by atoms with van der Waals surface area (Å²) in [5.74, 6) is 0.816. The van der Waals surface area contributed by atoms with Crippen LogP contribution >= 0.6 is 12.2 Å². The number of ether oxygens (including phenoxy) is 1. The third-order valence-corrected chi connectivity index (χ3v) is 3.47. The van der Waals surface area contributed by atoms with Gasteiger partial charge in [0.25, 0.3) is 5.17 Å². The first kappa shape index (κ1) is 14.6. The van der Waals surface area contributed by atoms with E-state index in [0.29, 0.717) is 10.9 Å². The molecule has 1 aromatic rings. The first-order chi connectivity index (χ1) is 8.25. The molecule has 98 valence electrons. The Morgan fingerprint density at radius 1 is 1.22 bits per heavy atom. The Morgan fingerprint density at radius 3 is 2.11 bits per heavy atom. The summed E-state index contributed by atoms with van der Waals surface area (Å²) in [6, 6.07) is 7.45. The van der Waals surface area contributed by atoms with Crippen molar-refractivity contribution in [2.24, 2.45) is 0 Å². The maximum atomic E-state index is 11.6. The predicted octanol–water partition coefficient (Wildman–Crippen LogP) is 2.78. The van der Waals surface area contributed by atoms with Gasteiger partial charge in [0, 0.05) is 19.5 Å². The molecule has 0 N–H and O–H groups in total.